The fourth-order valence-electron chi connectivity index (χ4n) is 3.48. The van der Waals surface area contributed by atoms with Crippen molar-refractivity contribution in [1.82, 2.24) is 10.6 Å². The summed E-state index contributed by atoms with van der Waals surface area (Å²) in [4.78, 5) is 15.9. The van der Waals surface area contributed by atoms with Crippen LogP contribution in [0.5, 0.6) is 0 Å². The first-order valence-corrected chi connectivity index (χ1v) is 8.39. The Labute approximate surface area is 119 Å². The second-order valence-electron chi connectivity index (χ2n) is 6.33. The third-order valence-electron chi connectivity index (χ3n) is 4.49. The molecule has 2 heterocycles. The van der Waals surface area contributed by atoms with E-state index in [0.29, 0.717) is 18.5 Å². The predicted octanol–water partition coefficient (Wildman–Crippen LogP) is 1.91. The molecular weight excluding hydrogens is 258 g/mol. The molecule has 0 aromatic carbocycles. The van der Waals surface area contributed by atoms with Crippen LogP contribution in [0.2, 0.25) is 0 Å². The molecule has 106 valence electrons. The van der Waals surface area contributed by atoms with Crippen molar-refractivity contribution in [2.75, 3.05) is 12.3 Å². The van der Waals surface area contributed by atoms with Crippen molar-refractivity contribution in [1.29, 1.82) is 0 Å². The molecule has 1 amide bonds. The highest BCUT2D eigenvalue weighted by Gasteiger charge is 2.40. The van der Waals surface area contributed by atoms with Gasteiger partial charge in [0, 0.05) is 24.3 Å². The molecule has 3 atom stereocenters. The van der Waals surface area contributed by atoms with Crippen molar-refractivity contribution >= 4 is 22.8 Å². The number of carbonyl (C=O) groups is 1. The van der Waals surface area contributed by atoms with E-state index >= 15 is 0 Å². The molecule has 2 aliphatic heterocycles. The number of aliphatic imine (C=N–C) groups is 1. The molecule has 0 aromatic heterocycles. The molecule has 3 unspecified atom stereocenters. The molecule has 3 rings (SSSR count). The Morgan fingerprint density at radius 1 is 1.42 bits per heavy atom. The minimum Gasteiger partial charge on any atom is -0.359 e. The Morgan fingerprint density at radius 2 is 2.32 bits per heavy atom. The zero-order valence-corrected chi connectivity index (χ0v) is 12.4. The summed E-state index contributed by atoms with van der Waals surface area (Å²) in [6.07, 6.45) is 6.77. The van der Waals surface area contributed by atoms with Crippen molar-refractivity contribution in [3.8, 4) is 0 Å². The minimum atomic E-state index is 0.168. The van der Waals surface area contributed by atoms with Crippen LogP contribution in [0, 0.1) is 5.92 Å². The van der Waals surface area contributed by atoms with E-state index in [2.05, 4.69) is 17.6 Å². The number of nitrogens with zero attached hydrogens (tertiary/aromatic N) is 1. The number of hydrogen-bond acceptors (Lipinski definition) is 3. The zero-order valence-electron chi connectivity index (χ0n) is 11.6. The van der Waals surface area contributed by atoms with Gasteiger partial charge in [-0.1, -0.05) is 31.5 Å². The molecule has 3 aliphatic rings. The molecule has 0 aromatic rings. The molecule has 19 heavy (non-hydrogen) atoms. The van der Waals surface area contributed by atoms with Crippen LogP contribution in [0.15, 0.2) is 4.99 Å². The summed E-state index contributed by atoms with van der Waals surface area (Å²) in [5.74, 6) is 2.16. The lowest BCUT2D eigenvalue weighted by molar-refractivity contribution is -0.122. The highest BCUT2D eigenvalue weighted by atomic mass is 32.2. The Morgan fingerprint density at radius 3 is 3.05 bits per heavy atom. The largest absolute Gasteiger partial charge is 0.359 e. The minimum absolute atomic E-state index is 0.168. The van der Waals surface area contributed by atoms with Crippen LogP contribution in [0.25, 0.3) is 0 Å². The van der Waals surface area contributed by atoms with Gasteiger partial charge < -0.3 is 10.6 Å². The van der Waals surface area contributed by atoms with Gasteiger partial charge in [0.2, 0.25) is 5.91 Å². The summed E-state index contributed by atoms with van der Waals surface area (Å²) in [5.41, 5.74) is 0.305. The zero-order chi connectivity index (χ0) is 13.3. The van der Waals surface area contributed by atoms with Crippen molar-refractivity contribution < 1.29 is 4.79 Å². The van der Waals surface area contributed by atoms with Gasteiger partial charge in [0.1, 0.15) is 0 Å². The highest BCUT2D eigenvalue weighted by molar-refractivity contribution is 8.14. The molecule has 2 N–H and O–H groups in total. The molecule has 1 spiro atoms. The van der Waals surface area contributed by atoms with Crippen molar-refractivity contribution in [3.63, 3.8) is 0 Å². The van der Waals surface area contributed by atoms with Crippen LogP contribution >= 0.6 is 11.8 Å². The third kappa shape index (κ3) is 3.07. The number of piperidine rings is 1. The van der Waals surface area contributed by atoms with Crippen molar-refractivity contribution in [3.05, 3.63) is 0 Å². The maximum atomic E-state index is 11.1. The highest BCUT2D eigenvalue weighted by Crippen LogP contribution is 2.38. The fraction of sp³-hybridized carbons (Fsp3) is 0.857. The van der Waals surface area contributed by atoms with Crippen LogP contribution in [0.4, 0.5) is 0 Å². The maximum Gasteiger partial charge on any atom is 0.220 e. The van der Waals surface area contributed by atoms with Gasteiger partial charge in [-0.15, -0.1) is 0 Å². The molecule has 1 aliphatic carbocycles. The molecule has 2 saturated heterocycles. The number of rotatable bonds is 1. The van der Waals surface area contributed by atoms with E-state index < -0.39 is 0 Å². The second kappa shape index (κ2) is 5.35. The number of carbonyl (C=O) groups excluding carboxylic acids is 1. The predicted molar refractivity (Wildman–Crippen MR) is 79.4 cm³/mol. The van der Waals surface area contributed by atoms with E-state index in [0.717, 1.165) is 23.3 Å². The number of hydrogen-bond donors (Lipinski definition) is 2. The van der Waals surface area contributed by atoms with E-state index in [4.69, 9.17) is 4.99 Å². The van der Waals surface area contributed by atoms with Gasteiger partial charge in [-0.25, -0.2) is 0 Å². The lowest BCUT2D eigenvalue weighted by Crippen LogP contribution is -2.47. The molecule has 5 heteroatoms. The van der Waals surface area contributed by atoms with E-state index in [1.807, 2.05) is 11.8 Å². The third-order valence-corrected chi connectivity index (χ3v) is 5.67. The maximum absolute atomic E-state index is 11.1. The Balaban J connectivity index is 1.60. The van der Waals surface area contributed by atoms with Gasteiger partial charge in [0.05, 0.1) is 6.04 Å². The first-order valence-electron chi connectivity index (χ1n) is 7.41. The Kier molecular flexibility index (Phi) is 3.74. The SMILES string of the molecule is CC1CCCC2(CSC(=NC3CCC(=O)NC3)N2)C1. The van der Waals surface area contributed by atoms with E-state index in [1.165, 1.54) is 25.7 Å². The van der Waals surface area contributed by atoms with Gasteiger partial charge in [0.15, 0.2) is 5.17 Å². The summed E-state index contributed by atoms with van der Waals surface area (Å²) in [7, 11) is 0. The molecular formula is C14H23N3OS. The van der Waals surface area contributed by atoms with Gasteiger partial charge in [-0.2, -0.15) is 0 Å². The first-order chi connectivity index (χ1) is 9.15. The standard InChI is InChI=1S/C14H23N3OS/c1-10-3-2-6-14(7-10)9-19-13(17-14)16-11-4-5-12(18)15-8-11/h10-11H,2-9H2,1H3,(H,15,18)(H,16,17). The molecule has 0 bridgehead atoms. The lowest BCUT2D eigenvalue weighted by atomic mass is 9.78. The van der Waals surface area contributed by atoms with Gasteiger partial charge in [-0.05, 0) is 25.2 Å². The van der Waals surface area contributed by atoms with Crippen LogP contribution < -0.4 is 10.6 Å². The topological polar surface area (TPSA) is 53.5 Å². The van der Waals surface area contributed by atoms with Crippen molar-refractivity contribution in [2.45, 2.75) is 57.0 Å². The number of amides is 1. The van der Waals surface area contributed by atoms with Crippen LogP contribution in [-0.4, -0.2) is 35.0 Å². The quantitative estimate of drug-likeness (QED) is 0.772. The van der Waals surface area contributed by atoms with E-state index in [-0.39, 0.29) is 11.9 Å². The lowest BCUT2D eigenvalue weighted by Gasteiger charge is -2.36. The summed E-state index contributed by atoms with van der Waals surface area (Å²) >= 11 is 1.87. The number of thioether (sulfide) groups is 1. The van der Waals surface area contributed by atoms with Crippen LogP contribution in [0.3, 0.4) is 0 Å². The molecule has 1 saturated carbocycles. The second-order valence-corrected chi connectivity index (χ2v) is 7.29. The Bertz CT molecular complexity index is 388. The summed E-state index contributed by atoms with van der Waals surface area (Å²) < 4.78 is 0. The first kappa shape index (κ1) is 13.3. The number of nitrogens with one attached hydrogen (secondary N) is 2. The fourth-order valence-corrected chi connectivity index (χ4v) is 4.74. The smallest absolute Gasteiger partial charge is 0.220 e. The summed E-state index contributed by atoms with van der Waals surface area (Å²) in [6, 6.07) is 0.267. The van der Waals surface area contributed by atoms with Gasteiger partial charge >= 0.3 is 0 Å². The normalized spacial score (nSPS) is 41.3. The molecule has 3 fully saturated rings. The van der Waals surface area contributed by atoms with Gasteiger partial charge in [0.25, 0.3) is 0 Å². The van der Waals surface area contributed by atoms with Gasteiger partial charge in [-0.3, -0.25) is 9.79 Å². The van der Waals surface area contributed by atoms with Crippen molar-refractivity contribution in [2.24, 2.45) is 10.9 Å². The monoisotopic (exact) mass is 281 g/mol. The number of amidine groups is 1. The molecule has 4 nitrogen and oxygen atoms in total. The average Bonchev–Trinajstić information content (AvgIpc) is 2.75. The van der Waals surface area contributed by atoms with Crippen LogP contribution in [-0.2, 0) is 4.79 Å². The summed E-state index contributed by atoms with van der Waals surface area (Å²) in [5, 5.41) is 7.70. The average molecular weight is 281 g/mol. The Hall–Kier alpha value is -0.710. The van der Waals surface area contributed by atoms with Crippen LogP contribution in [0.1, 0.15) is 45.4 Å². The van der Waals surface area contributed by atoms with E-state index in [9.17, 15) is 4.79 Å². The summed E-state index contributed by atoms with van der Waals surface area (Å²) in [6.45, 7) is 3.06. The molecule has 0 radical (unpaired) electrons. The van der Waals surface area contributed by atoms with E-state index in [1.54, 1.807) is 0 Å².